The topological polar surface area (TPSA) is 77.6 Å². The number of para-hydroxylation sites is 1. The first kappa shape index (κ1) is 20.9. The molecule has 8 heteroatoms. The standard InChI is InChI=1S/C25H21ClN6O/c1-2-31-15-18(12-27-31)24-11-22(21-8-3-4-9-23(21)30-24)25(33)29-20-13-28-32(16-20)14-17-6-5-7-19(26)10-17/h3-13,15-16H,2,14H2,1H3,(H,29,33). The number of rotatable bonds is 6. The highest BCUT2D eigenvalue weighted by molar-refractivity contribution is 6.30. The molecule has 1 N–H and O–H groups in total. The van der Waals surface area contributed by atoms with Crippen molar-refractivity contribution in [2.24, 2.45) is 0 Å². The summed E-state index contributed by atoms with van der Waals surface area (Å²) >= 11 is 6.07. The van der Waals surface area contributed by atoms with Gasteiger partial charge < -0.3 is 5.32 Å². The molecule has 5 rings (SSSR count). The van der Waals surface area contributed by atoms with Crippen LogP contribution >= 0.6 is 11.6 Å². The number of carbonyl (C=O) groups excluding carboxylic acids is 1. The van der Waals surface area contributed by atoms with E-state index in [1.165, 1.54) is 0 Å². The molecule has 0 aliphatic rings. The molecule has 0 radical (unpaired) electrons. The van der Waals surface area contributed by atoms with E-state index in [1.807, 2.05) is 72.4 Å². The highest BCUT2D eigenvalue weighted by Crippen LogP contribution is 2.25. The largest absolute Gasteiger partial charge is 0.319 e. The van der Waals surface area contributed by atoms with E-state index in [0.29, 0.717) is 28.5 Å². The summed E-state index contributed by atoms with van der Waals surface area (Å²) in [6.07, 6.45) is 7.13. The van der Waals surface area contributed by atoms with E-state index in [0.717, 1.165) is 28.6 Å². The summed E-state index contributed by atoms with van der Waals surface area (Å²) in [6, 6.07) is 17.0. The molecule has 33 heavy (non-hydrogen) atoms. The molecule has 0 unspecified atom stereocenters. The number of nitrogens with zero attached hydrogens (tertiary/aromatic N) is 5. The van der Waals surface area contributed by atoms with Gasteiger partial charge in [0.05, 0.1) is 41.4 Å². The number of aromatic nitrogens is 5. The third-order valence-electron chi connectivity index (χ3n) is 5.34. The van der Waals surface area contributed by atoms with Crippen LogP contribution in [0.5, 0.6) is 0 Å². The zero-order valence-corrected chi connectivity index (χ0v) is 18.7. The predicted octanol–water partition coefficient (Wildman–Crippen LogP) is 5.27. The van der Waals surface area contributed by atoms with Gasteiger partial charge in [-0.15, -0.1) is 0 Å². The smallest absolute Gasteiger partial charge is 0.256 e. The molecule has 3 aromatic heterocycles. The minimum absolute atomic E-state index is 0.222. The van der Waals surface area contributed by atoms with Crippen molar-refractivity contribution >= 4 is 34.1 Å². The Morgan fingerprint density at radius 2 is 1.85 bits per heavy atom. The van der Waals surface area contributed by atoms with Crippen LogP contribution in [0.3, 0.4) is 0 Å². The lowest BCUT2D eigenvalue weighted by atomic mass is 10.0. The third kappa shape index (κ3) is 4.49. The summed E-state index contributed by atoms with van der Waals surface area (Å²) in [5.74, 6) is -0.222. The van der Waals surface area contributed by atoms with Crippen molar-refractivity contribution in [2.75, 3.05) is 5.32 Å². The van der Waals surface area contributed by atoms with Gasteiger partial charge in [-0.1, -0.05) is 41.9 Å². The fourth-order valence-electron chi connectivity index (χ4n) is 3.72. The summed E-state index contributed by atoms with van der Waals surface area (Å²) in [7, 11) is 0. The van der Waals surface area contributed by atoms with E-state index in [1.54, 1.807) is 23.3 Å². The zero-order valence-electron chi connectivity index (χ0n) is 17.9. The second-order valence-corrected chi connectivity index (χ2v) is 8.10. The Balaban J connectivity index is 1.43. The summed E-state index contributed by atoms with van der Waals surface area (Å²) in [5, 5.41) is 13.1. The van der Waals surface area contributed by atoms with Crippen LogP contribution in [0.25, 0.3) is 22.2 Å². The number of fused-ring (bicyclic) bond motifs is 1. The van der Waals surface area contributed by atoms with Gasteiger partial charge in [0, 0.05) is 34.9 Å². The van der Waals surface area contributed by atoms with Crippen molar-refractivity contribution in [1.29, 1.82) is 0 Å². The van der Waals surface area contributed by atoms with Gasteiger partial charge in [-0.2, -0.15) is 10.2 Å². The lowest BCUT2D eigenvalue weighted by Crippen LogP contribution is -2.12. The van der Waals surface area contributed by atoms with E-state index in [2.05, 4.69) is 15.5 Å². The quantitative estimate of drug-likeness (QED) is 0.377. The second-order valence-electron chi connectivity index (χ2n) is 7.67. The maximum absolute atomic E-state index is 13.3. The van der Waals surface area contributed by atoms with E-state index < -0.39 is 0 Å². The van der Waals surface area contributed by atoms with Gasteiger partial charge in [0.15, 0.2) is 0 Å². The van der Waals surface area contributed by atoms with E-state index in [-0.39, 0.29) is 5.91 Å². The monoisotopic (exact) mass is 456 g/mol. The molecule has 164 valence electrons. The molecule has 2 aromatic carbocycles. The number of hydrogen-bond acceptors (Lipinski definition) is 4. The second kappa shape index (κ2) is 8.88. The molecule has 0 bridgehead atoms. The zero-order chi connectivity index (χ0) is 22.8. The number of halogens is 1. The molecule has 7 nitrogen and oxygen atoms in total. The first-order valence-corrected chi connectivity index (χ1v) is 11.0. The fraction of sp³-hybridized carbons (Fsp3) is 0.120. The predicted molar refractivity (Wildman–Crippen MR) is 129 cm³/mol. The van der Waals surface area contributed by atoms with E-state index in [4.69, 9.17) is 16.6 Å². The molecule has 0 saturated heterocycles. The fourth-order valence-corrected chi connectivity index (χ4v) is 3.93. The van der Waals surface area contributed by atoms with Crippen molar-refractivity contribution < 1.29 is 4.79 Å². The number of nitrogens with one attached hydrogen (secondary N) is 1. The SMILES string of the molecule is CCn1cc(-c2cc(C(=O)Nc3cnn(Cc4cccc(Cl)c4)c3)c3ccccc3n2)cn1. The lowest BCUT2D eigenvalue weighted by molar-refractivity contribution is 0.102. The van der Waals surface area contributed by atoms with Crippen LogP contribution in [0.1, 0.15) is 22.8 Å². The van der Waals surface area contributed by atoms with E-state index in [9.17, 15) is 4.79 Å². The average Bonchev–Trinajstić information content (AvgIpc) is 3.48. The number of hydrogen-bond donors (Lipinski definition) is 1. The Morgan fingerprint density at radius 1 is 1.00 bits per heavy atom. The number of pyridine rings is 1. The Labute approximate surface area is 195 Å². The van der Waals surface area contributed by atoms with Gasteiger partial charge in [-0.05, 0) is 36.8 Å². The summed E-state index contributed by atoms with van der Waals surface area (Å²) in [6.45, 7) is 3.34. The summed E-state index contributed by atoms with van der Waals surface area (Å²) < 4.78 is 3.59. The highest BCUT2D eigenvalue weighted by atomic mass is 35.5. The van der Waals surface area contributed by atoms with Crippen LogP contribution < -0.4 is 5.32 Å². The number of amides is 1. The molecule has 0 spiro atoms. The summed E-state index contributed by atoms with van der Waals surface area (Å²) in [4.78, 5) is 18.0. The first-order chi connectivity index (χ1) is 16.1. The molecular weight excluding hydrogens is 436 g/mol. The molecular formula is C25H21ClN6O. The van der Waals surface area contributed by atoms with Crippen LogP contribution in [0.15, 0.2) is 79.4 Å². The Hall–Kier alpha value is -3.97. The van der Waals surface area contributed by atoms with Crippen LogP contribution in [-0.2, 0) is 13.1 Å². The third-order valence-corrected chi connectivity index (χ3v) is 5.57. The van der Waals surface area contributed by atoms with E-state index >= 15 is 0 Å². The molecule has 3 heterocycles. The number of benzene rings is 2. The van der Waals surface area contributed by atoms with Crippen molar-refractivity contribution in [1.82, 2.24) is 24.5 Å². The lowest BCUT2D eigenvalue weighted by Gasteiger charge is -2.09. The number of aryl methyl sites for hydroxylation is 1. The normalized spacial score (nSPS) is 11.1. The average molecular weight is 457 g/mol. The molecule has 0 aliphatic heterocycles. The number of anilines is 1. The van der Waals surface area contributed by atoms with Crippen molar-refractivity contribution in [3.63, 3.8) is 0 Å². The van der Waals surface area contributed by atoms with Crippen molar-refractivity contribution in [3.05, 3.63) is 95.5 Å². The Bertz CT molecular complexity index is 1450. The first-order valence-electron chi connectivity index (χ1n) is 10.6. The molecule has 0 atom stereocenters. The maximum Gasteiger partial charge on any atom is 0.256 e. The minimum atomic E-state index is -0.222. The minimum Gasteiger partial charge on any atom is -0.319 e. The molecule has 1 amide bonds. The van der Waals surface area contributed by atoms with Gasteiger partial charge in [0.2, 0.25) is 0 Å². The number of carbonyl (C=O) groups is 1. The molecule has 0 aliphatic carbocycles. The molecule has 0 saturated carbocycles. The highest BCUT2D eigenvalue weighted by Gasteiger charge is 2.16. The van der Waals surface area contributed by atoms with Gasteiger partial charge in [-0.25, -0.2) is 4.98 Å². The van der Waals surface area contributed by atoms with Crippen molar-refractivity contribution in [3.8, 4) is 11.3 Å². The van der Waals surface area contributed by atoms with Crippen LogP contribution in [0, 0.1) is 0 Å². The Kier molecular flexibility index (Phi) is 5.62. The van der Waals surface area contributed by atoms with Crippen LogP contribution in [-0.4, -0.2) is 30.5 Å². The van der Waals surface area contributed by atoms with Gasteiger partial charge in [-0.3, -0.25) is 14.2 Å². The van der Waals surface area contributed by atoms with Crippen LogP contribution in [0.4, 0.5) is 5.69 Å². The maximum atomic E-state index is 13.3. The molecule has 0 fully saturated rings. The Morgan fingerprint density at radius 3 is 2.67 bits per heavy atom. The van der Waals surface area contributed by atoms with Crippen LogP contribution in [0.2, 0.25) is 5.02 Å². The molecule has 5 aromatic rings. The van der Waals surface area contributed by atoms with Gasteiger partial charge in [0.1, 0.15) is 0 Å². The van der Waals surface area contributed by atoms with Gasteiger partial charge >= 0.3 is 0 Å². The van der Waals surface area contributed by atoms with Gasteiger partial charge in [0.25, 0.3) is 5.91 Å². The van der Waals surface area contributed by atoms with Crippen molar-refractivity contribution in [2.45, 2.75) is 20.0 Å². The summed E-state index contributed by atoms with van der Waals surface area (Å²) in [5.41, 5.74) is 4.51.